The Labute approximate surface area is 713 Å². The maximum Gasteiger partial charge on any atom is 0.358 e. The summed E-state index contributed by atoms with van der Waals surface area (Å²) in [5, 5.41) is 0. The highest BCUT2D eigenvalue weighted by Gasteiger charge is 2.56. The van der Waals surface area contributed by atoms with Crippen LogP contribution >= 0.6 is 0 Å². The molecule has 0 N–H and O–H groups in total. The molecule has 0 atom stereocenters. The fraction of sp³-hybridized carbons (Fsp3) is 0.455. The summed E-state index contributed by atoms with van der Waals surface area (Å²) in [4.78, 5) is 67.9. The number of benzene rings is 6. The smallest absolute Gasteiger partial charge is 0.358 e. The normalized spacial score (nSPS) is 13.5. The monoisotopic (exact) mass is 1640 g/mol. The van der Waals surface area contributed by atoms with Crippen LogP contribution in [0, 0.1) is 0 Å². The minimum absolute atomic E-state index is 0.304. The zero-order valence-electron chi connectivity index (χ0n) is 74.5. The Hall–Kier alpha value is -11.2. The molecule has 3 aliphatic heterocycles. The van der Waals surface area contributed by atoms with E-state index >= 15 is 0 Å². The molecule has 6 aromatic carbocycles. The summed E-state index contributed by atoms with van der Waals surface area (Å²) in [6.45, 7) is 51.3. The molecule has 0 unspecified atom stereocenters. The van der Waals surface area contributed by atoms with E-state index in [-0.39, 0.29) is 0 Å². The predicted octanol–water partition coefficient (Wildman–Crippen LogP) is 20.4. The van der Waals surface area contributed by atoms with Gasteiger partial charge in [-0.3, -0.25) is 9.97 Å². The highest BCUT2D eigenvalue weighted by atomic mass is 16.6. The number of pyridine rings is 3. The first-order valence-corrected chi connectivity index (χ1v) is 44.1. The van der Waals surface area contributed by atoms with Gasteiger partial charge in [0.05, 0.1) is 50.8 Å². The number of hydrogen-bond acceptors (Lipinski definition) is 21. The number of carbonyl (C=O) groups is 3. The first-order valence-electron chi connectivity index (χ1n) is 44.1. The van der Waals surface area contributed by atoms with Gasteiger partial charge in [0.15, 0.2) is 11.3 Å². The molecule has 0 fully saturated rings. The van der Waals surface area contributed by atoms with Crippen molar-refractivity contribution >= 4 is 52.0 Å². The zero-order chi connectivity index (χ0) is 86.1. The van der Waals surface area contributed by atoms with Gasteiger partial charge in [-0.1, -0.05) is 45.6 Å². The van der Waals surface area contributed by atoms with E-state index in [0.29, 0.717) is 108 Å². The number of unbranched alkanes of at least 4 members (excludes halogenated alkanes) is 4. The molecule has 3 aromatic heterocycles. The van der Waals surface area contributed by atoms with Gasteiger partial charge in [0.1, 0.15) is 45.9 Å². The summed E-state index contributed by atoms with van der Waals surface area (Å²) in [5.74, 6) is 2.74. The topological polar surface area (TPSA) is 192 Å². The second kappa shape index (κ2) is 43.1. The molecule has 0 aliphatic carbocycles. The van der Waals surface area contributed by atoms with Crippen molar-refractivity contribution in [2.75, 3.05) is 148 Å². The molecule has 21 nitrogen and oxygen atoms in total. The van der Waals surface area contributed by atoms with Gasteiger partial charge in [-0.25, -0.2) is 19.4 Å². The van der Waals surface area contributed by atoms with Crippen molar-refractivity contribution in [3.05, 3.63) is 231 Å². The maximum atomic E-state index is 13.6. The number of aromatic nitrogens is 3. The van der Waals surface area contributed by atoms with Crippen LogP contribution in [0.1, 0.15) is 245 Å². The third kappa shape index (κ3) is 18.7. The molecule has 6 heterocycles. The van der Waals surface area contributed by atoms with E-state index in [9.17, 15) is 14.4 Å². The summed E-state index contributed by atoms with van der Waals surface area (Å²) < 4.78 is 57.4. The minimum Gasteiger partial charge on any atom is -0.493 e. The maximum absolute atomic E-state index is 13.6. The molecule has 0 amide bonds. The molecule has 0 bridgehead atoms. The number of esters is 3. The average Bonchev–Trinajstić information content (AvgIpc) is 1.56. The summed E-state index contributed by atoms with van der Waals surface area (Å²) in [5.41, 5.74) is 9.81. The molecule has 0 radical (unpaired) electrons. The van der Waals surface area contributed by atoms with Crippen LogP contribution in [-0.2, 0) is 31.0 Å². The van der Waals surface area contributed by atoms with Crippen molar-refractivity contribution < 1.29 is 57.0 Å². The molecular formula is C99H129N9O12. The van der Waals surface area contributed by atoms with Crippen molar-refractivity contribution in [1.29, 1.82) is 0 Å². The van der Waals surface area contributed by atoms with Crippen LogP contribution in [0.25, 0.3) is 0 Å². The lowest BCUT2D eigenvalue weighted by Crippen LogP contribution is -2.32. The lowest BCUT2D eigenvalue weighted by molar-refractivity contribution is 0.0217. The fourth-order valence-electron chi connectivity index (χ4n) is 16.8. The van der Waals surface area contributed by atoms with Gasteiger partial charge in [0.2, 0.25) is 11.2 Å². The average molecular weight is 1640 g/mol. The van der Waals surface area contributed by atoms with Gasteiger partial charge in [-0.05, 0) is 227 Å². The highest BCUT2D eigenvalue weighted by molar-refractivity contribution is 5.98. The number of rotatable bonds is 42. The molecule has 9 aromatic rings. The van der Waals surface area contributed by atoms with Gasteiger partial charge < -0.3 is 72.0 Å². The molecular weight excluding hydrogens is 1510 g/mol. The van der Waals surface area contributed by atoms with Crippen molar-refractivity contribution in [3.63, 3.8) is 0 Å². The number of carbonyl (C=O) groups excluding carboxylic acids is 3. The van der Waals surface area contributed by atoms with Gasteiger partial charge in [-0.15, -0.1) is 0 Å². The number of cyclic esters (lactones) is 3. The summed E-state index contributed by atoms with van der Waals surface area (Å²) in [6.07, 6.45) is 11.3. The molecule has 21 heteroatoms. The Morgan fingerprint density at radius 2 is 0.525 bits per heavy atom. The van der Waals surface area contributed by atoms with Crippen molar-refractivity contribution in [1.82, 2.24) is 15.0 Å². The van der Waals surface area contributed by atoms with E-state index in [0.717, 1.165) is 185 Å². The fourth-order valence-corrected chi connectivity index (χ4v) is 16.8. The third-order valence-corrected chi connectivity index (χ3v) is 22.9. The van der Waals surface area contributed by atoms with Crippen LogP contribution in [0.5, 0.6) is 34.5 Å². The van der Waals surface area contributed by atoms with Crippen LogP contribution < -0.4 is 57.8 Å². The predicted molar refractivity (Wildman–Crippen MR) is 483 cm³/mol. The van der Waals surface area contributed by atoms with Gasteiger partial charge >= 0.3 is 17.9 Å². The zero-order valence-corrected chi connectivity index (χ0v) is 74.5. The molecule has 0 saturated carbocycles. The van der Waals surface area contributed by atoms with Crippen LogP contribution in [0.15, 0.2) is 164 Å². The number of ether oxygens (including phenoxy) is 9. The quantitative estimate of drug-likeness (QED) is 0.0199. The molecule has 3 aliphatic rings. The van der Waals surface area contributed by atoms with Gasteiger partial charge in [-0.2, -0.15) is 0 Å². The number of anilines is 6. The molecule has 642 valence electrons. The highest BCUT2D eigenvalue weighted by Crippen LogP contribution is 2.57. The van der Waals surface area contributed by atoms with E-state index in [1.807, 2.05) is 88.4 Å². The van der Waals surface area contributed by atoms with Crippen molar-refractivity contribution in [2.24, 2.45) is 0 Å². The van der Waals surface area contributed by atoms with Crippen molar-refractivity contribution in [3.8, 4) is 34.5 Å². The summed E-state index contributed by atoms with van der Waals surface area (Å²) in [6, 6.07) is 47.8. The van der Waals surface area contributed by atoms with Gasteiger partial charge in [0, 0.05) is 207 Å². The summed E-state index contributed by atoms with van der Waals surface area (Å²) >= 11 is 0. The Balaban J connectivity index is 0.000000190. The molecule has 12 rings (SSSR count). The Morgan fingerprint density at radius 3 is 0.792 bits per heavy atom. The van der Waals surface area contributed by atoms with Crippen LogP contribution in [-0.4, -0.2) is 151 Å². The number of fused-ring (bicyclic) bond motifs is 3. The van der Waals surface area contributed by atoms with Crippen LogP contribution in [0.2, 0.25) is 0 Å². The first kappa shape index (κ1) is 91.1. The molecule has 0 saturated heterocycles. The van der Waals surface area contributed by atoms with E-state index in [4.69, 9.17) is 52.6 Å². The lowest BCUT2D eigenvalue weighted by atomic mass is 9.79. The Kier molecular flexibility index (Phi) is 32.7. The second-order valence-electron chi connectivity index (χ2n) is 29.4. The van der Waals surface area contributed by atoms with E-state index in [1.54, 1.807) is 42.9 Å². The Morgan fingerprint density at radius 1 is 0.275 bits per heavy atom. The van der Waals surface area contributed by atoms with E-state index in [2.05, 4.69) is 192 Å². The van der Waals surface area contributed by atoms with Crippen LogP contribution in [0.4, 0.5) is 34.1 Å². The summed E-state index contributed by atoms with van der Waals surface area (Å²) in [7, 11) is 0. The standard InChI is InChI=1S/C37H51N3O4.2C31H39N3O4/c1-7-13-15-24-42-33-26-28(39(9-3)10-4)19-21-31(33)37(35-30(36(41)44-37)18-17-23-38-35)32-22-20-29(40(11-5)12-6)27-34(32)43-25-16-14-8-2;1-7-33(8-2)22-15-17-24(27(20-22)36-11-5)31(26-14-13-19-32-29(26)30(35)38-31)25-18-16-23(34(9-3)10-4)21-28(25)37-12-6;1-7-33(8-2)22-15-17-25(27(20-22)36-11-5)31(29-24(30(35)38-31)14-13-19-32-29)26-18-16-23(34(9-3)10-4)21-28(26)37-12-6/h17-23,26-27H,7-16,24-25H2,1-6H3;2*13-21H,7-12H2,1-6H3. The molecule has 0 spiro atoms. The number of nitrogens with zero attached hydrogens (tertiary/aromatic N) is 9. The third-order valence-electron chi connectivity index (χ3n) is 22.9. The van der Waals surface area contributed by atoms with E-state index in [1.165, 1.54) is 0 Å². The largest absolute Gasteiger partial charge is 0.493 e. The van der Waals surface area contributed by atoms with E-state index < -0.39 is 34.7 Å². The second-order valence-corrected chi connectivity index (χ2v) is 29.4. The van der Waals surface area contributed by atoms with Gasteiger partial charge in [0.25, 0.3) is 0 Å². The number of hydrogen-bond donors (Lipinski definition) is 0. The Bertz CT molecular complexity index is 4460. The van der Waals surface area contributed by atoms with Crippen molar-refractivity contribution in [2.45, 2.75) is 180 Å². The lowest BCUT2D eigenvalue weighted by Gasteiger charge is -2.34. The molecule has 120 heavy (non-hydrogen) atoms. The minimum atomic E-state index is -1.34. The SMILES string of the molecule is CCCCCOc1cc(N(CC)CC)ccc1C1(c2ccc(N(CC)CC)cc2OCCCCC)OC(=O)c2cccnc21.CCOc1cc(N(CC)CC)ccc1C1(c2ccc(N(CC)CC)cc2OCC)OC(=O)c2cccnc21.CCOc1cc(N(CC)CC)ccc1C1(c2ccc(N(CC)CC)cc2OCC)OC(=O)c2ncccc21. The first-order chi connectivity index (χ1) is 58.4. The van der Waals surface area contributed by atoms with Crippen LogP contribution in [0.3, 0.4) is 0 Å².